The number of alkyl halides is 4. The van der Waals surface area contributed by atoms with E-state index >= 15 is 0 Å². The van der Waals surface area contributed by atoms with Crippen LogP contribution in [-0.2, 0) is 4.79 Å². The van der Waals surface area contributed by atoms with Crippen LogP contribution in [-0.4, -0.2) is 69.5 Å². The summed E-state index contributed by atoms with van der Waals surface area (Å²) in [6.07, 6.45) is 2.86. The summed E-state index contributed by atoms with van der Waals surface area (Å²) in [6, 6.07) is 5.77. The molecule has 0 amide bonds. The molecule has 2 aliphatic rings. The van der Waals surface area contributed by atoms with Crippen molar-refractivity contribution in [1.29, 1.82) is 0 Å². The summed E-state index contributed by atoms with van der Waals surface area (Å²) in [5.74, 6) is -1.18. The summed E-state index contributed by atoms with van der Waals surface area (Å²) < 4.78 is 46.1. The third-order valence-electron chi connectivity index (χ3n) is 6.18. The van der Waals surface area contributed by atoms with Crippen molar-refractivity contribution in [2.75, 3.05) is 31.1 Å². The monoisotopic (exact) mass is 478 g/mol. The molecule has 12 heteroatoms. The van der Waals surface area contributed by atoms with E-state index < -0.39 is 18.3 Å². The fraction of sp³-hybridized carbons (Fsp3) is 0.409. The Kier molecular flexibility index (Phi) is 6.60. The predicted octanol–water partition coefficient (Wildman–Crippen LogP) is 3.25. The number of halogens is 4. The van der Waals surface area contributed by atoms with Crippen LogP contribution < -0.4 is 10.2 Å². The predicted molar refractivity (Wildman–Crippen MR) is 116 cm³/mol. The van der Waals surface area contributed by atoms with Gasteiger partial charge in [-0.3, -0.25) is 9.97 Å². The van der Waals surface area contributed by atoms with Crippen LogP contribution in [0.15, 0.2) is 43.0 Å². The molecule has 5 rings (SSSR count). The van der Waals surface area contributed by atoms with Crippen molar-refractivity contribution in [3.05, 3.63) is 43.0 Å². The van der Waals surface area contributed by atoms with Gasteiger partial charge in [0, 0.05) is 61.1 Å². The van der Waals surface area contributed by atoms with Crippen molar-refractivity contribution in [3.63, 3.8) is 0 Å². The Morgan fingerprint density at radius 1 is 1.09 bits per heavy atom. The molecule has 2 N–H and O–H groups in total. The normalized spacial score (nSPS) is 19.6. The van der Waals surface area contributed by atoms with Gasteiger partial charge in [0.25, 0.3) is 0 Å². The van der Waals surface area contributed by atoms with E-state index in [9.17, 15) is 17.6 Å². The number of fused-ring (bicyclic) bond motifs is 1. The molecular weight excluding hydrogens is 456 g/mol. The van der Waals surface area contributed by atoms with Gasteiger partial charge in [0.2, 0.25) is 0 Å². The maximum atomic E-state index is 14.4. The van der Waals surface area contributed by atoms with E-state index in [1.165, 1.54) is 0 Å². The van der Waals surface area contributed by atoms with E-state index in [4.69, 9.17) is 14.9 Å². The molecule has 3 aromatic rings. The van der Waals surface area contributed by atoms with Gasteiger partial charge < -0.3 is 15.3 Å². The van der Waals surface area contributed by atoms with Gasteiger partial charge in [-0.15, -0.1) is 0 Å². The summed E-state index contributed by atoms with van der Waals surface area (Å²) in [5.41, 5.74) is 1.53. The maximum absolute atomic E-state index is 14.4. The summed E-state index contributed by atoms with van der Waals surface area (Å²) in [5, 5.41) is 11.3. The number of piperidine rings is 1. The first-order valence-electron chi connectivity index (χ1n) is 10.6. The number of pyridine rings is 2. The molecule has 0 saturated carbocycles. The number of carboxylic acids is 1. The van der Waals surface area contributed by atoms with Crippen LogP contribution in [0.25, 0.3) is 22.3 Å². The van der Waals surface area contributed by atoms with Crippen LogP contribution in [0.5, 0.6) is 0 Å². The lowest BCUT2D eigenvalue weighted by atomic mass is 9.76. The zero-order valence-corrected chi connectivity index (χ0v) is 18.0. The Morgan fingerprint density at radius 2 is 1.74 bits per heavy atom. The van der Waals surface area contributed by atoms with E-state index in [2.05, 4.69) is 25.2 Å². The first-order chi connectivity index (χ1) is 16.2. The summed E-state index contributed by atoms with van der Waals surface area (Å²) in [4.78, 5) is 29.0. The minimum atomic E-state index is -5.08. The zero-order valence-electron chi connectivity index (χ0n) is 18.0. The third kappa shape index (κ3) is 4.91. The highest BCUT2D eigenvalue weighted by Crippen LogP contribution is 2.41. The van der Waals surface area contributed by atoms with Crippen molar-refractivity contribution >= 4 is 22.7 Å². The number of aliphatic carboxylic acids is 1. The lowest BCUT2D eigenvalue weighted by molar-refractivity contribution is -0.192. The fourth-order valence-electron chi connectivity index (χ4n) is 4.26. The molecule has 3 aromatic heterocycles. The smallest absolute Gasteiger partial charge is 0.475 e. The van der Waals surface area contributed by atoms with Crippen LogP contribution in [0.1, 0.15) is 12.8 Å². The maximum Gasteiger partial charge on any atom is 0.490 e. The molecule has 0 bridgehead atoms. The average molecular weight is 478 g/mol. The van der Waals surface area contributed by atoms with Crippen LogP contribution in [0.3, 0.4) is 0 Å². The van der Waals surface area contributed by atoms with E-state index in [0.29, 0.717) is 12.4 Å². The van der Waals surface area contributed by atoms with Gasteiger partial charge in [0.05, 0.1) is 11.7 Å². The quantitative estimate of drug-likeness (QED) is 0.541. The Morgan fingerprint density at radius 3 is 2.32 bits per heavy atom. The fourth-order valence-corrected chi connectivity index (χ4v) is 4.26. The molecule has 0 aromatic carbocycles. The second kappa shape index (κ2) is 9.45. The lowest BCUT2D eigenvalue weighted by Gasteiger charge is -2.40. The standard InChI is InChI=1S/C20H21FN6.C2HF3O2/c21-17-12-24-13-20(17)4-9-27(10-5-20)19-15-3-8-23-11-16(15)25-18(26-19)14-1-6-22-7-2-14;3-2(4,5)1(6)7/h1-3,6-8,11,17,24H,4-5,9-10,12-13H2;(H,6,7)/t17-;/m0./s1. The number of hydrogen-bond acceptors (Lipinski definition) is 7. The SMILES string of the molecule is F[C@H]1CNCC12CCN(c1nc(-c3ccncc3)nc3cnccc13)CC2.O=C(O)C(F)(F)F. The number of rotatable bonds is 2. The molecule has 0 aliphatic carbocycles. The molecule has 2 aliphatic heterocycles. The first-order valence-corrected chi connectivity index (χ1v) is 10.6. The molecule has 5 heterocycles. The Bertz CT molecular complexity index is 1150. The van der Waals surface area contributed by atoms with Crippen molar-refractivity contribution in [3.8, 4) is 11.4 Å². The Balaban J connectivity index is 0.000000344. The second-order valence-corrected chi connectivity index (χ2v) is 8.25. The Hall–Kier alpha value is -3.41. The van der Waals surface area contributed by atoms with Crippen molar-refractivity contribution in [1.82, 2.24) is 25.3 Å². The van der Waals surface area contributed by atoms with E-state index in [1.807, 2.05) is 18.2 Å². The largest absolute Gasteiger partial charge is 0.490 e. The molecular formula is C22H22F4N6O2. The van der Waals surface area contributed by atoms with Gasteiger partial charge >= 0.3 is 12.1 Å². The molecule has 8 nitrogen and oxygen atoms in total. The number of anilines is 1. The summed E-state index contributed by atoms with van der Waals surface area (Å²) in [7, 11) is 0. The number of hydrogen-bond donors (Lipinski definition) is 2. The first kappa shape index (κ1) is 23.7. The van der Waals surface area contributed by atoms with Gasteiger partial charge in [-0.2, -0.15) is 13.2 Å². The molecule has 2 fully saturated rings. The van der Waals surface area contributed by atoms with Crippen molar-refractivity contribution in [2.24, 2.45) is 5.41 Å². The molecule has 0 unspecified atom stereocenters. The van der Waals surface area contributed by atoms with E-state index in [0.717, 1.165) is 54.8 Å². The molecule has 180 valence electrons. The Labute approximate surface area is 192 Å². The number of carboxylic acid groups (broad SMARTS) is 1. The van der Waals surface area contributed by atoms with Crippen LogP contribution in [0, 0.1) is 5.41 Å². The lowest BCUT2D eigenvalue weighted by Crippen LogP contribution is -2.45. The zero-order chi connectivity index (χ0) is 24.3. The van der Waals surface area contributed by atoms with Crippen molar-refractivity contribution in [2.45, 2.75) is 25.2 Å². The topological polar surface area (TPSA) is 104 Å². The average Bonchev–Trinajstić information content (AvgIpc) is 3.18. The summed E-state index contributed by atoms with van der Waals surface area (Å²) in [6.45, 7) is 2.85. The van der Waals surface area contributed by atoms with Crippen molar-refractivity contribution < 1.29 is 27.5 Å². The highest BCUT2D eigenvalue weighted by Gasteiger charge is 2.45. The number of nitrogens with zero attached hydrogens (tertiary/aromatic N) is 5. The second-order valence-electron chi connectivity index (χ2n) is 8.25. The number of carbonyl (C=O) groups is 1. The summed E-state index contributed by atoms with van der Waals surface area (Å²) >= 11 is 0. The van der Waals surface area contributed by atoms with E-state index in [1.54, 1.807) is 24.8 Å². The molecule has 34 heavy (non-hydrogen) atoms. The van der Waals surface area contributed by atoms with Crippen LogP contribution >= 0.6 is 0 Å². The van der Waals surface area contributed by atoms with Gasteiger partial charge in [-0.1, -0.05) is 0 Å². The minimum Gasteiger partial charge on any atom is -0.475 e. The number of aromatic nitrogens is 4. The molecule has 1 atom stereocenters. The molecule has 1 spiro atoms. The molecule has 0 radical (unpaired) electrons. The highest BCUT2D eigenvalue weighted by atomic mass is 19.4. The third-order valence-corrected chi connectivity index (χ3v) is 6.18. The van der Waals surface area contributed by atoms with Gasteiger partial charge in [0.1, 0.15) is 12.0 Å². The van der Waals surface area contributed by atoms with Gasteiger partial charge in [-0.05, 0) is 31.0 Å². The van der Waals surface area contributed by atoms with Gasteiger partial charge in [0.15, 0.2) is 5.82 Å². The van der Waals surface area contributed by atoms with Crippen LogP contribution in [0.2, 0.25) is 0 Å². The molecule has 2 saturated heterocycles. The number of nitrogens with one attached hydrogen (secondary N) is 1. The van der Waals surface area contributed by atoms with E-state index in [-0.39, 0.29) is 5.41 Å². The van der Waals surface area contributed by atoms with Crippen LogP contribution in [0.4, 0.5) is 23.4 Å². The highest BCUT2D eigenvalue weighted by molar-refractivity contribution is 5.90. The van der Waals surface area contributed by atoms with Gasteiger partial charge in [-0.25, -0.2) is 19.2 Å². The minimum absolute atomic E-state index is 0.213.